The van der Waals surface area contributed by atoms with Crippen LogP contribution in [0.2, 0.25) is 5.02 Å². The van der Waals surface area contributed by atoms with Gasteiger partial charge in [-0.25, -0.2) is 0 Å². The highest BCUT2D eigenvalue weighted by atomic mass is 35.5. The van der Waals surface area contributed by atoms with Crippen LogP contribution < -0.4 is 15.4 Å². The summed E-state index contributed by atoms with van der Waals surface area (Å²) in [7, 11) is 0. The number of para-hydroxylation sites is 1. The quantitative estimate of drug-likeness (QED) is 0.817. The zero-order chi connectivity index (χ0) is 17.1. The van der Waals surface area contributed by atoms with E-state index in [1.165, 1.54) is 12.1 Å². The standard InChI is InChI=1S/C17H13ClN2O4/c18-13-3-1-2-4-14(13)24-8-7-15(21)19-10-5-6-11-12(9-10)17(23)20-16(11)22/h1-6,9H,7-8H2,(H,19,21)(H,20,22,23). The van der Waals surface area contributed by atoms with Gasteiger partial charge in [-0.2, -0.15) is 0 Å². The number of amides is 3. The molecule has 0 aromatic heterocycles. The number of nitrogens with one attached hydrogen (secondary N) is 2. The first-order valence-electron chi connectivity index (χ1n) is 7.21. The molecule has 0 unspecified atom stereocenters. The van der Waals surface area contributed by atoms with E-state index in [4.69, 9.17) is 16.3 Å². The Balaban J connectivity index is 1.56. The van der Waals surface area contributed by atoms with Crippen molar-refractivity contribution in [2.75, 3.05) is 11.9 Å². The second-order valence-corrected chi connectivity index (χ2v) is 5.53. The predicted octanol–water partition coefficient (Wildman–Crippen LogP) is 2.63. The Kier molecular flexibility index (Phi) is 4.48. The van der Waals surface area contributed by atoms with Crippen LogP contribution in [0.3, 0.4) is 0 Å². The zero-order valence-electron chi connectivity index (χ0n) is 12.5. The van der Waals surface area contributed by atoms with E-state index < -0.39 is 11.8 Å². The first kappa shape index (κ1) is 16.0. The number of imide groups is 1. The van der Waals surface area contributed by atoms with Gasteiger partial charge in [-0.15, -0.1) is 0 Å². The highest BCUT2D eigenvalue weighted by Gasteiger charge is 2.26. The molecule has 24 heavy (non-hydrogen) atoms. The summed E-state index contributed by atoms with van der Waals surface area (Å²) in [4.78, 5) is 35.0. The third-order valence-electron chi connectivity index (χ3n) is 3.44. The van der Waals surface area contributed by atoms with Gasteiger partial charge in [0.25, 0.3) is 11.8 Å². The molecular formula is C17H13ClN2O4. The molecule has 0 saturated heterocycles. The number of halogens is 1. The maximum absolute atomic E-state index is 11.9. The van der Waals surface area contributed by atoms with Crippen molar-refractivity contribution in [3.8, 4) is 5.75 Å². The third-order valence-corrected chi connectivity index (χ3v) is 3.76. The molecule has 0 spiro atoms. The lowest BCUT2D eigenvalue weighted by atomic mass is 10.1. The fraction of sp³-hybridized carbons (Fsp3) is 0.118. The molecule has 122 valence electrons. The van der Waals surface area contributed by atoms with Crippen molar-refractivity contribution in [2.24, 2.45) is 0 Å². The molecule has 2 aromatic rings. The van der Waals surface area contributed by atoms with E-state index in [0.717, 1.165) is 0 Å². The fourth-order valence-electron chi connectivity index (χ4n) is 2.28. The average Bonchev–Trinajstić information content (AvgIpc) is 2.83. The van der Waals surface area contributed by atoms with Crippen molar-refractivity contribution in [3.05, 3.63) is 58.6 Å². The molecule has 2 N–H and O–H groups in total. The number of fused-ring (bicyclic) bond motifs is 1. The minimum atomic E-state index is -0.465. The zero-order valence-corrected chi connectivity index (χ0v) is 13.2. The number of hydrogen-bond acceptors (Lipinski definition) is 4. The lowest BCUT2D eigenvalue weighted by molar-refractivity contribution is -0.116. The van der Waals surface area contributed by atoms with E-state index in [-0.39, 0.29) is 24.5 Å². The molecule has 1 aliphatic rings. The largest absolute Gasteiger partial charge is 0.491 e. The van der Waals surface area contributed by atoms with Crippen LogP contribution in [0.15, 0.2) is 42.5 Å². The molecule has 0 atom stereocenters. The lowest BCUT2D eigenvalue weighted by Crippen LogP contribution is -2.19. The molecule has 2 aromatic carbocycles. The number of hydrogen-bond donors (Lipinski definition) is 2. The van der Waals surface area contributed by atoms with Crippen LogP contribution in [0.1, 0.15) is 27.1 Å². The van der Waals surface area contributed by atoms with Crippen molar-refractivity contribution < 1.29 is 19.1 Å². The molecule has 0 aliphatic carbocycles. The third kappa shape index (κ3) is 3.38. The summed E-state index contributed by atoms with van der Waals surface area (Å²) in [5.41, 5.74) is 1.01. The van der Waals surface area contributed by atoms with Crippen molar-refractivity contribution in [2.45, 2.75) is 6.42 Å². The molecule has 3 amide bonds. The second kappa shape index (κ2) is 6.72. The highest BCUT2D eigenvalue weighted by Crippen LogP contribution is 2.23. The van der Waals surface area contributed by atoms with Crippen LogP contribution in [0.5, 0.6) is 5.75 Å². The Morgan fingerprint density at radius 1 is 1.08 bits per heavy atom. The molecule has 1 heterocycles. The number of carbonyl (C=O) groups is 3. The number of ether oxygens (including phenoxy) is 1. The molecule has 0 fully saturated rings. The summed E-state index contributed by atoms with van der Waals surface area (Å²) in [6.45, 7) is 0.166. The van der Waals surface area contributed by atoms with E-state index in [1.54, 1.807) is 30.3 Å². The fourth-order valence-corrected chi connectivity index (χ4v) is 2.47. The molecule has 3 rings (SSSR count). The maximum Gasteiger partial charge on any atom is 0.259 e. The monoisotopic (exact) mass is 344 g/mol. The summed E-state index contributed by atoms with van der Waals surface area (Å²) >= 11 is 5.96. The first-order chi connectivity index (χ1) is 11.5. The van der Waals surface area contributed by atoms with Gasteiger partial charge in [-0.1, -0.05) is 23.7 Å². The summed E-state index contributed by atoms with van der Waals surface area (Å²) in [5.74, 6) is -0.652. The van der Waals surface area contributed by atoms with Crippen LogP contribution in [-0.4, -0.2) is 24.3 Å². The van der Waals surface area contributed by atoms with Gasteiger partial charge in [0.05, 0.1) is 29.2 Å². The first-order valence-corrected chi connectivity index (χ1v) is 7.59. The lowest BCUT2D eigenvalue weighted by Gasteiger charge is -2.09. The molecule has 6 nitrogen and oxygen atoms in total. The van der Waals surface area contributed by atoms with Crippen molar-refractivity contribution >= 4 is 35.0 Å². The van der Waals surface area contributed by atoms with Gasteiger partial charge < -0.3 is 10.1 Å². The van der Waals surface area contributed by atoms with Gasteiger partial charge in [-0.05, 0) is 30.3 Å². The van der Waals surface area contributed by atoms with Gasteiger partial charge in [0.1, 0.15) is 5.75 Å². The summed E-state index contributed by atoms with van der Waals surface area (Å²) in [5, 5.41) is 5.34. The normalized spacial score (nSPS) is 12.5. The van der Waals surface area contributed by atoms with Crippen LogP contribution in [0.4, 0.5) is 5.69 Å². The Hall–Kier alpha value is -2.86. The van der Waals surface area contributed by atoms with E-state index in [1.807, 2.05) is 0 Å². The topological polar surface area (TPSA) is 84.5 Å². The van der Waals surface area contributed by atoms with E-state index in [0.29, 0.717) is 22.0 Å². The van der Waals surface area contributed by atoms with Gasteiger partial charge in [0, 0.05) is 5.69 Å². The van der Waals surface area contributed by atoms with Crippen LogP contribution >= 0.6 is 11.6 Å². The van der Waals surface area contributed by atoms with E-state index >= 15 is 0 Å². The summed E-state index contributed by atoms with van der Waals surface area (Å²) < 4.78 is 5.45. The SMILES string of the molecule is O=C(CCOc1ccccc1Cl)Nc1ccc2c(c1)C(=O)NC2=O. The Labute approximate surface area is 142 Å². The Morgan fingerprint density at radius 2 is 1.83 bits per heavy atom. The number of anilines is 1. The van der Waals surface area contributed by atoms with Gasteiger partial charge >= 0.3 is 0 Å². The van der Waals surface area contributed by atoms with E-state index in [2.05, 4.69) is 10.6 Å². The summed E-state index contributed by atoms with van der Waals surface area (Å²) in [6.07, 6.45) is 0.118. The van der Waals surface area contributed by atoms with E-state index in [9.17, 15) is 14.4 Å². The van der Waals surface area contributed by atoms with Crippen LogP contribution in [-0.2, 0) is 4.79 Å². The maximum atomic E-state index is 11.9. The minimum absolute atomic E-state index is 0.118. The second-order valence-electron chi connectivity index (χ2n) is 5.12. The molecule has 0 bridgehead atoms. The van der Waals surface area contributed by atoms with Crippen molar-refractivity contribution in [3.63, 3.8) is 0 Å². The van der Waals surface area contributed by atoms with Crippen molar-refractivity contribution in [1.29, 1.82) is 0 Å². The van der Waals surface area contributed by atoms with Crippen molar-refractivity contribution in [1.82, 2.24) is 5.32 Å². The Bertz CT molecular complexity index is 835. The molecule has 0 radical (unpaired) electrons. The summed E-state index contributed by atoms with van der Waals surface area (Å²) in [6, 6.07) is 11.6. The minimum Gasteiger partial charge on any atom is -0.491 e. The van der Waals surface area contributed by atoms with Gasteiger partial charge in [0.15, 0.2) is 0 Å². The van der Waals surface area contributed by atoms with Gasteiger partial charge in [-0.3, -0.25) is 19.7 Å². The Morgan fingerprint density at radius 3 is 2.62 bits per heavy atom. The molecular weight excluding hydrogens is 332 g/mol. The van der Waals surface area contributed by atoms with Gasteiger partial charge in [0.2, 0.25) is 5.91 Å². The molecule has 7 heteroatoms. The number of rotatable bonds is 5. The van der Waals surface area contributed by atoms with Crippen LogP contribution in [0, 0.1) is 0 Å². The van der Waals surface area contributed by atoms with Crippen LogP contribution in [0.25, 0.3) is 0 Å². The smallest absolute Gasteiger partial charge is 0.259 e. The molecule has 1 aliphatic heterocycles. The highest BCUT2D eigenvalue weighted by molar-refractivity contribution is 6.32. The number of benzene rings is 2. The molecule has 0 saturated carbocycles. The average molecular weight is 345 g/mol. The number of carbonyl (C=O) groups excluding carboxylic acids is 3. The predicted molar refractivity (Wildman–Crippen MR) is 88.4 cm³/mol.